The van der Waals surface area contributed by atoms with Crippen molar-refractivity contribution in [3.63, 3.8) is 0 Å². The molecule has 0 saturated heterocycles. The first kappa shape index (κ1) is 48.1. The molecule has 0 aliphatic heterocycles. The first-order valence-electron chi connectivity index (χ1n) is 17.7. The molecule has 0 amide bonds. The molecule has 0 unspecified atom stereocenters. The van der Waals surface area contributed by atoms with E-state index >= 15 is 0 Å². The second kappa shape index (κ2) is 18.9. The van der Waals surface area contributed by atoms with Crippen molar-refractivity contribution in [2.75, 3.05) is 0 Å². The molecule has 0 heterocycles. The third-order valence-electron chi connectivity index (χ3n) is 5.99. The van der Waals surface area contributed by atoms with Crippen LogP contribution in [0.15, 0.2) is 20.0 Å². The fourth-order valence-corrected chi connectivity index (χ4v) is 2.54. The van der Waals surface area contributed by atoms with Gasteiger partial charge < -0.3 is 0 Å². The standard InChI is InChI=1S/4C10H21N.CH4/c4*1-8(9(2,3)4)11-10(5,6)7;/h4*1-7H3;1H4/i1D2;;;;. The molecule has 0 N–H and O–H groups in total. The molecule has 0 aliphatic rings. The third-order valence-corrected chi connectivity index (χ3v) is 5.99. The number of hydrogen-bond donors (Lipinski definition) is 0. The summed E-state index contributed by atoms with van der Waals surface area (Å²) in [7, 11) is 0. The van der Waals surface area contributed by atoms with E-state index in [4.69, 9.17) is 2.74 Å². The SMILES string of the molecule is C.CC(=NC(C)(C)C)C(C)(C)C.CC(=NC(C)(C)C)C(C)(C)C.CC(=NC(C)(C)C)C(C)(C)C.[2H]C([2H])C(=NC(C)(C)C)C(C)(C)C. The van der Waals surface area contributed by atoms with Gasteiger partial charge in [0.2, 0.25) is 0 Å². The van der Waals surface area contributed by atoms with Gasteiger partial charge in [-0.1, -0.05) is 90.5 Å². The topological polar surface area (TPSA) is 49.4 Å². The molecule has 0 aromatic rings. The maximum atomic E-state index is 7.41. The first-order chi connectivity index (χ1) is 19.4. The van der Waals surface area contributed by atoms with E-state index in [1.54, 1.807) is 0 Å². The first-order valence-corrected chi connectivity index (χ1v) is 16.6. The minimum Gasteiger partial charge on any atom is -0.288 e. The second-order valence-corrected chi connectivity index (χ2v) is 20.3. The fraction of sp³-hybridized carbons (Fsp3) is 0.902. The summed E-state index contributed by atoms with van der Waals surface area (Å²) in [5.41, 5.74) is 4.81. The Morgan fingerprint density at radius 1 is 0.311 bits per heavy atom. The summed E-state index contributed by atoms with van der Waals surface area (Å²) in [6, 6.07) is 0. The van der Waals surface area contributed by atoms with Crippen molar-refractivity contribution in [3.05, 3.63) is 0 Å². The number of rotatable bonds is 0. The molecule has 0 atom stereocenters. The Morgan fingerprint density at radius 3 is 0.489 bits per heavy atom. The van der Waals surface area contributed by atoms with Crippen LogP contribution in [0.4, 0.5) is 0 Å². The van der Waals surface area contributed by atoms with Gasteiger partial charge in [0.05, 0.1) is 22.2 Å². The predicted octanol–water partition coefficient (Wildman–Crippen LogP) is 13.8. The number of nitrogens with zero attached hydrogens (tertiary/aromatic N) is 4. The van der Waals surface area contributed by atoms with Crippen LogP contribution >= 0.6 is 0 Å². The van der Waals surface area contributed by atoms with Gasteiger partial charge >= 0.3 is 0 Å². The van der Waals surface area contributed by atoms with Crippen LogP contribution in [0.5, 0.6) is 0 Å². The summed E-state index contributed by atoms with van der Waals surface area (Å²) in [4.78, 5) is 18.2. The summed E-state index contributed by atoms with van der Waals surface area (Å²) in [5.74, 6) is 0. The minimum atomic E-state index is -0.959. The van der Waals surface area contributed by atoms with Crippen molar-refractivity contribution in [2.24, 2.45) is 41.6 Å². The van der Waals surface area contributed by atoms with Crippen molar-refractivity contribution in [1.82, 2.24) is 0 Å². The molecule has 0 aromatic heterocycles. The van der Waals surface area contributed by atoms with E-state index in [-0.39, 0.29) is 51.2 Å². The molecule has 4 heteroatoms. The lowest BCUT2D eigenvalue weighted by atomic mass is 9.90. The Balaban J connectivity index is -0.000000166. The Hall–Kier alpha value is -1.32. The molecular weight excluding hydrogens is 548 g/mol. The Kier molecular flexibility index (Phi) is 20.2. The van der Waals surface area contributed by atoms with Gasteiger partial charge in [0.15, 0.2) is 0 Å². The zero-order valence-electron chi connectivity index (χ0n) is 37.4. The van der Waals surface area contributed by atoms with E-state index in [9.17, 15) is 0 Å². The minimum absolute atomic E-state index is 0. The van der Waals surface area contributed by atoms with Gasteiger partial charge in [-0.05, 0) is 132 Å². The number of hydrogen-bond acceptors (Lipinski definition) is 4. The lowest BCUT2D eigenvalue weighted by Crippen LogP contribution is -2.22. The van der Waals surface area contributed by atoms with Crippen molar-refractivity contribution in [2.45, 2.75) is 223 Å². The highest BCUT2D eigenvalue weighted by Crippen LogP contribution is 2.22. The molecule has 0 saturated carbocycles. The van der Waals surface area contributed by atoms with Crippen molar-refractivity contribution in [3.8, 4) is 0 Å². The summed E-state index contributed by atoms with van der Waals surface area (Å²) in [6.07, 6.45) is 0. The fourth-order valence-electron chi connectivity index (χ4n) is 2.54. The van der Waals surface area contributed by atoms with Crippen LogP contribution in [0.3, 0.4) is 0 Å². The molecule has 0 bridgehead atoms. The monoisotopic (exact) mass is 639 g/mol. The van der Waals surface area contributed by atoms with Gasteiger partial charge in [-0.25, -0.2) is 0 Å². The highest BCUT2D eigenvalue weighted by atomic mass is 14.9. The molecule has 45 heavy (non-hydrogen) atoms. The lowest BCUT2D eigenvalue weighted by Gasteiger charge is -2.22. The summed E-state index contributed by atoms with van der Waals surface area (Å²) < 4.78 is 14.8. The predicted molar refractivity (Wildman–Crippen MR) is 216 cm³/mol. The largest absolute Gasteiger partial charge is 0.288 e. The highest BCUT2D eigenvalue weighted by Gasteiger charge is 2.20. The van der Waals surface area contributed by atoms with Crippen molar-refractivity contribution in [1.29, 1.82) is 0 Å². The molecule has 0 spiro atoms. The molecule has 0 aliphatic carbocycles. The van der Waals surface area contributed by atoms with E-state index in [0.717, 1.165) is 0 Å². The van der Waals surface area contributed by atoms with Crippen LogP contribution in [-0.2, 0) is 0 Å². The molecule has 4 nitrogen and oxygen atoms in total. The summed E-state index contributed by atoms with van der Waals surface area (Å²) in [6.45, 7) is 56.2. The van der Waals surface area contributed by atoms with Crippen LogP contribution < -0.4 is 0 Å². The maximum Gasteiger partial charge on any atom is 0.0523 e. The molecule has 0 aromatic carbocycles. The van der Waals surface area contributed by atoms with E-state index in [2.05, 4.69) is 165 Å². The average molecular weight is 639 g/mol. The van der Waals surface area contributed by atoms with E-state index in [0.29, 0.717) is 5.71 Å². The van der Waals surface area contributed by atoms with E-state index in [1.807, 2.05) is 41.5 Å². The highest BCUT2D eigenvalue weighted by molar-refractivity contribution is 5.88. The van der Waals surface area contributed by atoms with Gasteiger partial charge in [-0.3, -0.25) is 20.0 Å². The van der Waals surface area contributed by atoms with Gasteiger partial charge in [0.1, 0.15) is 0 Å². The molecule has 0 fully saturated rings. The zero-order valence-corrected chi connectivity index (χ0v) is 35.4. The molecular formula is C41H88N4. The van der Waals surface area contributed by atoms with Gasteiger partial charge in [0.25, 0.3) is 0 Å². The average Bonchev–Trinajstić information content (AvgIpc) is 2.66. The maximum absolute atomic E-state index is 7.41. The smallest absolute Gasteiger partial charge is 0.0523 e. The third kappa shape index (κ3) is 38.8. The Morgan fingerprint density at radius 2 is 0.444 bits per heavy atom. The summed E-state index contributed by atoms with van der Waals surface area (Å²) >= 11 is 0. The van der Waals surface area contributed by atoms with E-state index in [1.165, 1.54) is 17.1 Å². The van der Waals surface area contributed by atoms with Gasteiger partial charge in [-0.15, -0.1) is 0 Å². The Bertz CT molecular complexity index is 892. The Labute approximate surface area is 290 Å². The second-order valence-electron chi connectivity index (χ2n) is 20.3. The van der Waals surface area contributed by atoms with Crippen molar-refractivity contribution < 1.29 is 2.74 Å². The molecule has 272 valence electrons. The zero-order chi connectivity index (χ0) is 38.7. The van der Waals surface area contributed by atoms with Gasteiger partial charge in [-0.2, -0.15) is 0 Å². The normalized spacial score (nSPS) is 15.7. The van der Waals surface area contributed by atoms with Gasteiger partial charge in [0, 0.05) is 25.6 Å². The van der Waals surface area contributed by atoms with Crippen LogP contribution in [-0.4, -0.2) is 45.0 Å². The number of aliphatic imine (C=N–C) groups is 4. The van der Waals surface area contributed by atoms with Crippen LogP contribution in [0.25, 0.3) is 0 Å². The van der Waals surface area contributed by atoms with E-state index < -0.39 is 6.88 Å². The van der Waals surface area contributed by atoms with Crippen molar-refractivity contribution >= 4 is 22.8 Å². The summed E-state index contributed by atoms with van der Waals surface area (Å²) in [5, 5.41) is 0. The molecule has 0 rings (SSSR count). The van der Waals surface area contributed by atoms with Crippen LogP contribution in [0.2, 0.25) is 0 Å². The van der Waals surface area contributed by atoms with Crippen LogP contribution in [0, 0.1) is 21.7 Å². The molecule has 0 radical (unpaired) electrons. The lowest BCUT2D eigenvalue weighted by molar-refractivity contribution is 0.538. The van der Waals surface area contributed by atoms with Crippen LogP contribution in [0.1, 0.15) is 204 Å². The quantitative estimate of drug-likeness (QED) is 0.237.